The van der Waals surface area contributed by atoms with Gasteiger partial charge in [0.05, 0.1) is 13.1 Å². The fraction of sp³-hybridized carbons (Fsp3) is 0.300. The molecule has 3 aliphatic heterocycles. The number of rotatable bonds is 6. The molecule has 0 radical (unpaired) electrons. The van der Waals surface area contributed by atoms with Crippen molar-refractivity contribution >= 4 is 29.2 Å². The molecule has 1 N–H and O–H groups in total. The highest BCUT2D eigenvalue weighted by Gasteiger charge is 2.37. The number of para-hydroxylation sites is 2. The van der Waals surface area contributed by atoms with Crippen molar-refractivity contribution in [3.63, 3.8) is 0 Å². The number of imide groups is 1. The van der Waals surface area contributed by atoms with Gasteiger partial charge in [0.1, 0.15) is 0 Å². The number of nitrogens with zero attached hydrogens (tertiary/aromatic N) is 4. The summed E-state index contributed by atoms with van der Waals surface area (Å²) >= 11 is 0. The number of amides is 4. The number of likely N-dealkylation sites (tertiary alicyclic amines) is 1. The normalized spacial score (nSPS) is 18.5. The molecular weight excluding hydrogens is 478 g/mol. The molecular formula is C30H31N5O3. The van der Waals surface area contributed by atoms with Crippen LogP contribution >= 0.6 is 0 Å². The first kappa shape index (κ1) is 24.2. The van der Waals surface area contributed by atoms with Crippen molar-refractivity contribution in [2.24, 2.45) is 0 Å². The van der Waals surface area contributed by atoms with Gasteiger partial charge < -0.3 is 4.90 Å². The summed E-state index contributed by atoms with van der Waals surface area (Å²) in [6.07, 6.45) is 2.31. The summed E-state index contributed by atoms with van der Waals surface area (Å²) in [5, 5.41) is 5.09. The van der Waals surface area contributed by atoms with Gasteiger partial charge in [-0.2, -0.15) is 0 Å². The summed E-state index contributed by atoms with van der Waals surface area (Å²) in [6.45, 7) is 3.36. The van der Waals surface area contributed by atoms with E-state index in [1.54, 1.807) is 0 Å². The van der Waals surface area contributed by atoms with Crippen LogP contribution in [0.4, 0.5) is 16.2 Å². The van der Waals surface area contributed by atoms with E-state index in [1.165, 1.54) is 21.4 Å². The zero-order valence-corrected chi connectivity index (χ0v) is 21.3. The average molecular weight is 510 g/mol. The number of urea groups is 1. The van der Waals surface area contributed by atoms with Crippen molar-refractivity contribution in [1.29, 1.82) is 0 Å². The maximum absolute atomic E-state index is 13.0. The van der Waals surface area contributed by atoms with E-state index in [9.17, 15) is 14.4 Å². The van der Waals surface area contributed by atoms with Crippen LogP contribution in [0.5, 0.6) is 0 Å². The highest BCUT2D eigenvalue weighted by atomic mass is 16.2. The third-order valence-electron chi connectivity index (χ3n) is 7.67. The quantitative estimate of drug-likeness (QED) is 0.536. The Kier molecular flexibility index (Phi) is 6.55. The van der Waals surface area contributed by atoms with Crippen LogP contribution in [-0.4, -0.2) is 58.4 Å². The van der Waals surface area contributed by atoms with Crippen molar-refractivity contribution < 1.29 is 14.4 Å². The van der Waals surface area contributed by atoms with Crippen LogP contribution in [-0.2, 0) is 17.9 Å². The van der Waals surface area contributed by atoms with Crippen LogP contribution in [0.15, 0.2) is 78.9 Å². The molecule has 3 aliphatic rings. The van der Waals surface area contributed by atoms with E-state index in [0.717, 1.165) is 43.6 Å². The van der Waals surface area contributed by atoms with Crippen LogP contribution < -0.4 is 10.2 Å². The molecule has 194 valence electrons. The largest absolute Gasteiger partial charge is 0.342 e. The number of carbonyl (C=O) groups is 3. The van der Waals surface area contributed by atoms with Gasteiger partial charge in [-0.3, -0.25) is 19.8 Å². The molecule has 0 spiro atoms. The van der Waals surface area contributed by atoms with E-state index in [4.69, 9.17) is 0 Å². The first-order chi connectivity index (χ1) is 18.6. The van der Waals surface area contributed by atoms with Gasteiger partial charge in [0.25, 0.3) is 5.91 Å². The predicted molar refractivity (Wildman–Crippen MR) is 144 cm³/mol. The van der Waals surface area contributed by atoms with E-state index in [2.05, 4.69) is 81.8 Å². The van der Waals surface area contributed by atoms with Gasteiger partial charge in [-0.25, -0.2) is 14.8 Å². The smallest absolute Gasteiger partial charge is 0.338 e. The zero-order valence-electron chi connectivity index (χ0n) is 21.3. The summed E-state index contributed by atoms with van der Waals surface area (Å²) in [4.78, 5) is 41.7. The lowest BCUT2D eigenvalue weighted by atomic mass is 10.00. The number of carbonyl (C=O) groups excluding carboxylic acids is 3. The van der Waals surface area contributed by atoms with Gasteiger partial charge in [0.2, 0.25) is 5.91 Å². The number of piperidine rings is 1. The highest BCUT2D eigenvalue weighted by Crippen LogP contribution is 2.32. The Bertz CT molecular complexity index is 1300. The van der Waals surface area contributed by atoms with Crippen LogP contribution in [0.3, 0.4) is 0 Å². The third-order valence-corrected chi connectivity index (χ3v) is 7.67. The van der Waals surface area contributed by atoms with Crippen molar-refractivity contribution in [3.05, 3.63) is 95.6 Å². The minimum absolute atomic E-state index is 0.193. The van der Waals surface area contributed by atoms with Gasteiger partial charge >= 0.3 is 6.03 Å². The third kappa shape index (κ3) is 4.75. The molecule has 3 heterocycles. The molecule has 0 saturated carbocycles. The molecule has 6 rings (SSSR count). The average Bonchev–Trinajstić information content (AvgIpc) is 3.26. The number of hydrogen-bond acceptors (Lipinski definition) is 5. The highest BCUT2D eigenvalue weighted by molar-refractivity contribution is 6.01. The van der Waals surface area contributed by atoms with Crippen LogP contribution in [0.25, 0.3) is 0 Å². The Morgan fingerprint density at radius 3 is 2.08 bits per heavy atom. The molecule has 2 saturated heterocycles. The van der Waals surface area contributed by atoms with E-state index in [1.807, 2.05) is 12.1 Å². The molecule has 4 amide bonds. The second kappa shape index (κ2) is 10.3. The van der Waals surface area contributed by atoms with Crippen molar-refractivity contribution in [1.82, 2.24) is 20.2 Å². The number of hydrogen-bond donors (Lipinski definition) is 1. The Balaban J connectivity index is 1.11. The number of hydrazine groups is 1. The van der Waals surface area contributed by atoms with Gasteiger partial charge in [-0.15, -0.1) is 0 Å². The Labute approximate surface area is 222 Å². The summed E-state index contributed by atoms with van der Waals surface area (Å²) < 4.78 is 0. The topological polar surface area (TPSA) is 76.2 Å². The SMILES string of the molecule is O=C1CCN(N2Cc3cc(CN4CCC(N(c5ccccc5)c5ccccc5)CC4)ccc3C2=O)C(=O)N1. The maximum Gasteiger partial charge on any atom is 0.342 e. The molecule has 2 fully saturated rings. The molecule has 0 aliphatic carbocycles. The summed E-state index contributed by atoms with van der Waals surface area (Å²) in [7, 11) is 0. The minimum atomic E-state index is -0.537. The van der Waals surface area contributed by atoms with E-state index in [-0.39, 0.29) is 24.8 Å². The van der Waals surface area contributed by atoms with E-state index < -0.39 is 6.03 Å². The van der Waals surface area contributed by atoms with Crippen molar-refractivity contribution in [2.45, 2.75) is 38.4 Å². The van der Waals surface area contributed by atoms with Crippen molar-refractivity contribution in [2.75, 3.05) is 24.5 Å². The van der Waals surface area contributed by atoms with Crippen LogP contribution in [0.2, 0.25) is 0 Å². The summed E-state index contributed by atoms with van der Waals surface area (Å²) in [5.74, 6) is -0.504. The first-order valence-electron chi connectivity index (χ1n) is 13.2. The summed E-state index contributed by atoms with van der Waals surface area (Å²) in [5.41, 5.74) is 5.15. The lowest BCUT2D eigenvalue weighted by molar-refractivity contribution is -0.123. The molecule has 8 heteroatoms. The fourth-order valence-electron chi connectivity index (χ4n) is 5.78. The monoisotopic (exact) mass is 509 g/mol. The minimum Gasteiger partial charge on any atom is -0.338 e. The van der Waals surface area contributed by atoms with E-state index in [0.29, 0.717) is 18.2 Å². The fourth-order valence-corrected chi connectivity index (χ4v) is 5.78. The number of benzene rings is 3. The van der Waals surface area contributed by atoms with E-state index >= 15 is 0 Å². The Hall–Kier alpha value is -4.17. The Morgan fingerprint density at radius 1 is 0.789 bits per heavy atom. The Morgan fingerprint density at radius 2 is 1.45 bits per heavy atom. The van der Waals surface area contributed by atoms with Crippen molar-refractivity contribution in [3.8, 4) is 0 Å². The zero-order chi connectivity index (χ0) is 26.1. The molecule has 0 atom stereocenters. The van der Waals surface area contributed by atoms with Crippen LogP contribution in [0, 0.1) is 0 Å². The van der Waals surface area contributed by atoms with Gasteiger partial charge in [-0.05, 0) is 54.3 Å². The van der Waals surface area contributed by atoms with Gasteiger partial charge in [-0.1, -0.05) is 48.5 Å². The number of anilines is 2. The second-order valence-corrected chi connectivity index (χ2v) is 10.1. The molecule has 0 bridgehead atoms. The van der Waals surface area contributed by atoms with Gasteiger partial charge in [0.15, 0.2) is 0 Å². The number of fused-ring (bicyclic) bond motifs is 1. The molecule has 3 aromatic carbocycles. The second-order valence-electron chi connectivity index (χ2n) is 10.1. The molecule has 0 aromatic heterocycles. The standard InChI is InChI=1S/C30H31N5O3/c36-28-15-18-33(30(38)31-28)34-21-23-19-22(11-12-27(23)29(34)37)20-32-16-13-26(14-17-32)35(24-7-3-1-4-8-24)25-9-5-2-6-10-25/h1-12,19,26H,13-18,20-21H2,(H,31,36,38). The lowest BCUT2D eigenvalue weighted by Crippen LogP contribution is -2.56. The number of nitrogens with one attached hydrogen (secondary N) is 1. The van der Waals surface area contributed by atoms with Crippen LogP contribution in [0.1, 0.15) is 40.7 Å². The molecule has 38 heavy (non-hydrogen) atoms. The maximum atomic E-state index is 13.0. The lowest BCUT2D eigenvalue weighted by Gasteiger charge is -2.40. The molecule has 8 nitrogen and oxygen atoms in total. The predicted octanol–water partition coefficient (Wildman–Crippen LogP) is 4.30. The molecule has 0 unspecified atom stereocenters. The molecule has 3 aromatic rings. The first-order valence-corrected chi connectivity index (χ1v) is 13.2. The summed E-state index contributed by atoms with van der Waals surface area (Å²) in [6, 6.07) is 27.1. The van der Waals surface area contributed by atoms with Gasteiger partial charge in [0, 0.05) is 49.0 Å².